The molecule has 0 aliphatic carbocycles. The first-order valence-electron chi connectivity index (χ1n) is 48.2. The molecule has 0 unspecified atom stereocenters. The zero-order chi connectivity index (χ0) is 91.0. The third-order valence-electron chi connectivity index (χ3n) is 30.3. The van der Waals surface area contributed by atoms with Crippen LogP contribution in [0.25, 0.3) is 220 Å². The lowest BCUT2D eigenvalue weighted by Gasteiger charge is -2.46. The Morgan fingerprint density at radius 1 is 0.190 bits per heavy atom. The monoisotopic (exact) mass is 1740 g/mol. The summed E-state index contributed by atoms with van der Waals surface area (Å²) in [5, 5.41) is 20.5. The first-order chi connectivity index (χ1) is 67.2. The van der Waals surface area contributed by atoms with Crippen molar-refractivity contribution in [2.24, 2.45) is 0 Å². The van der Waals surface area contributed by atoms with Gasteiger partial charge in [-0.3, -0.25) is 0 Å². The molecular weight excluding hydrogens is 1650 g/mol. The smallest absolute Gasteiger partial charge is 0.252 e. The van der Waals surface area contributed by atoms with Gasteiger partial charge in [-0.2, -0.15) is 0 Å². The van der Waals surface area contributed by atoms with E-state index >= 15 is 0 Å². The molecule has 2 aromatic heterocycles. The Kier molecular flexibility index (Phi) is 17.1. The molecule has 642 valence electrons. The molecule has 28 rings (SSSR count). The highest BCUT2D eigenvalue weighted by molar-refractivity contribution is 7.00. The first kappa shape index (κ1) is 78.8. The lowest BCUT2D eigenvalue weighted by Crippen LogP contribution is -2.61. The second kappa shape index (κ2) is 29.8. The van der Waals surface area contributed by atoms with Gasteiger partial charge in [0.1, 0.15) is 0 Å². The molecule has 4 nitrogen and oxygen atoms in total. The van der Waals surface area contributed by atoms with Crippen molar-refractivity contribution in [1.29, 1.82) is 0 Å². The molecule has 0 saturated heterocycles. The van der Waals surface area contributed by atoms with Crippen LogP contribution in [0.2, 0.25) is 0 Å². The minimum absolute atomic E-state index is 0.319. The third-order valence-corrected chi connectivity index (χ3v) is 30.3. The lowest BCUT2D eigenvalue weighted by molar-refractivity contribution is 0.590. The fourth-order valence-electron chi connectivity index (χ4n) is 24.0. The summed E-state index contributed by atoms with van der Waals surface area (Å²) in [6, 6.07) is 170. The number of rotatable bonds is 13. The molecule has 0 atom stereocenters. The van der Waals surface area contributed by atoms with Crippen LogP contribution in [0, 0.1) is 0 Å². The van der Waals surface area contributed by atoms with Gasteiger partial charge in [0, 0.05) is 77.9 Å². The minimum Gasteiger partial charge on any atom is -0.310 e. The molecule has 2 aliphatic heterocycles. The minimum atomic E-state index is -0.381. The maximum Gasteiger partial charge on any atom is 0.252 e. The lowest BCUT2D eigenvalue weighted by atomic mass is 9.33. The largest absolute Gasteiger partial charge is 0.310 e. The van der Waals surface area contributed by atoms with Crippen LogP contribution in [0.1, 0.15) is 52.7 Å². The highest BCUT2D eigenvalue weighted by atomic mass is 15.2. The summed E-state index contributed by atoms with van der Waals surface area (Å²) in [5.41, 5.74) is 39.1. The maximum absolute atomic E-state index is 2.79. The van der Waals surface area contributed by atoms with E-state index < -0.39 is 0 Å². The van der Waals surface area contributed by atoms with Crippen molar-refractivity contribution in [1.82, 2.24) is 9.13 Å². The van der Waals surface area contributed by atoms with E-state index in [-0.39, 0.29) is 17.5 Å². The van der Waals surface area contributed by atoms with E-state index in [4.69, 9.17) is 0 Å². The number of nitrogens with zero attached hydrogens (tertiary/aromatic N) is 4. The number of hydrogen-bond acceptors (Lipinski definition) is 2. The summed E-state index contributed by atoms with van der Waals surface area (Å²) in [7, 11) is 0. The topological polar surface area (TPSA) is 16.3 Å². The molecule has 24 aromatic carbocycles. The molecule has 0 spiro atoms. The average molecular weight is 1740 g/mol. The SMILES string of the molecule is CC(C)(C)c1cc(-c2cccc(-c3ccccc3)c2)c(N2c3cc(-n4c5ccc6cccc7c8cccc9ccc4c(c98)c5c67)ccc3B3c4ccc(-n5c6ccc7cccc8c9cccc%10ccc5c(c%109)c6c78)cc4N(c4c(-c5cccc(-c6ccccc6)c5)cc(C(C)(C)C)cc4-c4cccc(-c5ccccc5)c4)c4cc(-c5ccccc5)cc2c43)c(-c2cccc(-c3ccccc3)c2)c1. The Labute approximate surface area is 796 Å². The highest BCUT2D eigenvalue weighted by Gasteiger charge is 2.47. The average Bonchev–Trinajstić information content (AvgIpc) is 1.40. The van der Waals surface area contributed by atoms with Gasteiger partial charge in [-0.1, -0.05) is 375 Å². The molecule has 0 amide bonds. The summed E-state index contributed by atoms with van der Waals surface area (Å²) >= 11 is 0. The fraction of sp³-hybridized carbons (Fsp3) is 0.0606. The Morgan fingerprint density at radius 2 is 0.445 bits per heavy atom. The predicted molar refractivity (Wildman–Crippen MR) is 585 cm³/mol. The van der Waals surface area contributed by atoms with Gasteiger partial charge in [0.2, 0.25) is 0 Å². The van der Waals surface area contributed by atoms with Crippen molar-refractivity contribution in [3.05, 3.63) is 454 Å². The van der Waals surface area contributed by atoms with Crippen LogP contribution in [0.3, 0.4) is 0 Å². The maximum atomic E-state index is 2.79. The predicted octanol–water partition coefficient (Wildman–Crippen LogP) is 34.2. The van der Waals surface area contributed by atoms with Crippen molar-refractivity contribution >= 4 is 165 Å². The molecule has 0 radical (unpaired) electrons. The Balaban J connectivity index is 0.819. The van der Waals surface area contributed by atoms with Crippen LogP contribution in [-0.2, 0) is 10.8 Å². The summed E-state index contributed by atoms with van der Waals surface area (Å²) < 4.78 is 5.24. The molecule has 4 heterocycles. The molecule has 26 aromatic rings. The number of benzene rings is 24. The summed E-state index contributed by atoms with van der Waals surface area (Å²) in [5.74, 6) is 0. The van der Waals surface area contributed by atoms with Crippen LogP contribution >= 0.6 is 0 Å². The van der Waals surface area contributed by atoms with Crippen LogP contribution < -0.4 is 26.2 Å². The zero-order valence-corrected chi connectivity index (χ0v) is 77.0. The van der Waals surface area contributed by atoms with E-state index in [0.717, 1.165) is 146 Å². The third kappa shape index (κ3) is 12.0. The number of anilines is 6. The van der Waals surface area contributed by atoms with Gasteiger partial charge in [-0.05, 0) is 290 Å². The van der Waals surface area contributed by atoms with Crippen molar-refractivity contribution in [3.63, 3.8) is 0 Å². The van der Waals surface area contributed by atoms with Crippen molar-refractivity contribution in [3.8, 4) is 112 Å². The van der Waals surface area contributed by atoms with E-state index in [1.54, 1.807) is 0 Å². The van der Waals surface area contributed by atoms with Gasteiger partial charge in [0.05, 0.1) is 33.4 Å². The second-order valence-corrected chi connectivity index (χ2v) is 40.1. The van der Waals surface area contributed by atoms with E-state index in [1.807, 2.05) is 0 Å². The molecule has 0 fully saturated rings. The summed E-state index contributed by atoms with van der Waals surface area (Å²) in [4.78, 5) is 5.58. The van der Waals surface area contributed by atoms with Crippen LogP contribution in [0.4, 0.5) is 34.1 Å². The summed E-state index contributed by atoms with van der Waals surface area (Å²) in [6.07, 6.45) is 0. The quantitative estimate of drug-likeness (QED) is 0.0650. The standard InChI is InChI=1S/C132H91BN4/c1-131(2,3)98-74-106(93-48-22-44-89(68-93)80-30-12-7-13-31-80)129(107(75-98)94-49-23-45-90(69-94)81-32-14-8-15-33-81)136-116-78-100(134-112-64-56-85-40-26-52-102-103-53-27-41-86-57-65-113(134)125(121(86)103)124(112)120(85)102)60-62-110(116)133-111-63-61-101(135-114-66-58-87-42-28-54-104-105-55-29-43-88-59-67-115(135)127(123(88)105)126(114)122(87)104)79-117(111)137(119-73-97(72-118(136)128(119)133)84-38-20-11-21-39-84)130-108(95-50-24-46-91(70-95)82-34-16-9-17-35-82)76-99(132(4,5)6)77-109(130)96-51-25-47-92(71-96)83-36-18-10-19-37-83/h7-79H,1-6H3. The normalized spacial score (nSPS) is 12.8. The highest BCUT2D eigenvalue weighted by Crippen LogP contribution is 2.59. The van der Waals surface area contributed by atoms with E-state index in [9.17, 15) is 0 Å². The van der Waals surface area contributed by atoms with Crippen LogP contribution in [0.15, 0.2) is 443 Å². The van der Waals surface area contributed by atoms with Gasteiger partial charge < -0.3 is 18.9 Å². The van der Waals surface area contributed by atoms with Crippen molar-refractivity contribution in [2.45, 2.75) is 52.4 Å². The van der Waals surface area contributed by atoms with Gasteiger partial charge in [-0.25, -0.2) is 0 Å². The fourth-order valence-corrected chi connectivity index (χ4v) is 24.0. The second-order valence-electron chi connectivity index (χ2n) is 40.1. The molecule has 2 aliphatic rings. The number of fused-ring (bicyclic) bond motifs is 6. The molecule has 0 saturated carbocycles. The van der Waals surface area contributed by atoms with Crippen LogP contribution in [-0.4, -0.2) is 15.8 Å². The Morgan fingerprint density at radius 3 is 0.723 bits per heavy atom. The zero-order valence-electron chi connectivity index (χ0n) is 77.0. The molecular formula is C132H91BN4. The van der Waals surface area contributed by atoms with Crippen LogP contribution in [0.5, 0.6) is 0 Å². The van der Waals surface area contributed by atoms with Crippen molar-refractivity contribution < 1.29 is 0 Å². The van der Waals surface area contributed by atoms with E-state index in [2.05, 4.69) is 503 Å². The van der Waals surface area contributed by atoms with E-state index in [0.29, 0.717) is 0 Å². The Bertz CT molecular complexity index is 8490. The number of hydrogen-bond donors (Lipinski definition) is 0. The molecule has 5 heteroatoms. The van der Waals surface area contributed by atoms with Crippen molar-refractivity contribution in [2.75, 3.05) is 9.80 Å². The van der Waals surface area contributed by atoms with Gasteiger partial charge in [-0.15, -0.1) is 0 Å². The first-order valence-corrected chi connectivity index (χ1v) is 48.2. The molecule has 0 bridgehead atoms. The van der Waals surface area contributed by atoms with E-state index in [1.165, 1.54) is 136 Å². The van der Waals surface area contributed by atoms with Gasteiger partial charge >= 0.3 is 0 Å². The number of aromatic nitrogens is 2. The molecule has 137 heavy (non-hydrogen) atoms. The van der Waals surface area contributed by atoms with Gasteiger partial charge in [0.25, 0.3) is 6.71 Å². The van der Waals surface area contributed by atoms with Gasteiger partial charge in [0.15, 0.2) is 0 Å². The summed E-state index contributed by atoms with van der Waals surface area (Å²) in [6.45, 7) is 14.0. The Hall–Kier alpha value is -16.9. The molecule has 0 N–H and O–H groups in total.